The van der Waals surface area contributed by atoms with Crippen LogP contribution in [0.4, 0.5) is 0 Å². The Morgan fingerprint density at radius 2 is 2.00 bits per heavy atom. The van der Waals surface area contributed by atoms with E-state index in [9.17, 15) is 9.59 Å². The maximum absolute atomic E-state index is 11.6. The number of rotatable bonds is 9. The van der Waals surface area contributed by atoms with Crippen molar-refractivity contribution in [1.82, 2.24) is 5.32 Å². The summed E-state index contributed by atoms with van der Waals surface area (Å²) in [5.74, 6) is -1.21. The number of allylic oxidation sites excluding steroid dienone is 2. The van der Waals surface area contributed by atoms with E-state index in [0.29, 0.717) is 31.4 Å². The van der Waals surface area contributed by atoms with Gasteiger partial charge in [0.2, 0.25) is 0 Å². The van der Waals surface area contributed by atoms with Crippen molar-refractivity contribution in [2.75, 3.05) is 6.54 Å². The standard InChI is InChI=1S/C13H20N2O3/c1-3-7-10(4-2)12(16)15-9-6-5-8-11(14)13(17)18/h3-4,7,11H,1-2,5-6,8-9,14H2,(H,15,16)(H,17,18)/b10-7+. The van der Waals surface area contributed by atoms with Crippen LogP contribution in [0.1, 0.15) is 19.3 Å². The van der Waals surface area contributed by atoms with Crippen LogP contribution < -0.4 is 11.1 Å². The average molecular weight is 252 g/mol. The van der Waals surface area contributed by atoms with E-state index in [2.05, 4.69) is 18.5 Å². The summed E-state index contributed by atoms with van der Waals surface area (Å²) in [6, 6.07) is -0.829. The van der Waals surface area contributed by atoms with Crippen molar-refractivity contribution in [3.05, 3.63) is 37.0 Å². The van der Waals surface area contributed by atoms with Crippen LogP contribution in [0, 0.1) is 0 Å². The maximum atomic E-state index is 11.6. The summed E-state index contributed by atoms with van der Waals surface area (Å²) in [4.78, 5) is 22.0. The van der Waals surface area contributed by atoms with Crippen LogP contribution in [0.15, 0.2) is 37.0 Å². The number of aliphatic carboxylic acids is 1. The number of nitrogens with one attached hydrogen (secondary N) is 1. The third-order valence-electron chi connectivity index (χ3n) is 2.32. The van der Waals surface area contributed by atoms with Crippen LogP contribution in [0.2, 0.25) is 0 Å². The van der Waals surface area contributed by atoms with Crippen molar-refractivity contribution >= 4 is 11.9 Å². The smallest absolute Gasteiger partial charge is 0.320 e. The van der Waals surface area contributed by atoms with Gasteiger partial charge in [-0.1, -0.05) is 31.4 Å². The van der Waals surface area contributed by atoms with Gasteiger partial charge in [-0.3, -0.25) is 9.59 Å². The summed E-state index contributed by atoms with van der Waals surface area (Å²) in [6.45, 7) is 7.51. The minimum absolute atomic E-state index is 0.215. The molecule has 0 aromatic carbocycles. The topological polar surface area (TPSA) is 92.4 Å². The van der Waals surface area contributed by atoms with Gasteiger partial charge in [0.15, 0.2) is 0 Å². The van der Waals surface area contributed by atoms with E-state index in [-0.39, 0.29) is 5.91 Å². The Morgan fingerprint density at radius 3 is 2.50 bits per heavy atom. The van der Waals surface area contributed by atoms with Gasteiger partial charge in [-0.25, -0.2) is 0 Å². The molecule has 1 atom stereocenters. The number of carboxylic acid groups (broad SMARTS) is 1. The van der Waals surface area contributed by atoms with E-state index in [1.165, 1.54) is 12.2 Å². The van der Waals surface area contributed by atoms with Gasteiger partial charge in [-0.15, -0.1) is 0 Å². The molecule has 0 aliphatic heterocycles. The van der Waals surface area contributed by atoms with Crippen molar-refractivity contribution in [3.63, 3.8) is 0 Å². The number of nitrogens with two attached hydrogens (primary N) is 1. The number of hydrogen-bond acceptors (Lipinski definition) is 3. The van der Waals surface area contributed by atoms with Crippen LogP contribution in [-0.2, 0) is 9.59 Å². The van der Waals surface area contributed by atoms with Gasteiger partial charge < -0.3 is 16.2 Å². The van der Waals surface area contributed by atoms with E-state index in [0.717, 1.165) is 0 Å². The molecule has 18 heavy (non-hydrogen) atoms. The summed E-state index contributed by atoms with van der Waals surface area (Å²) in [6.07, 6.45) is 6.29. The molecule has 100 valence electrons. The van der Waals surface area contributed by atoms with Gasteiger partial charge in [0.25, 0.3) is 5.91 Å². The van der Waals surface area contributed by atoms with E-state index >= 15 is 0 Å². The number of unbranched alkanes of at least 4 members (excludes halogenated alkanes) is 1. The van der Waals surface area contributed by atoms with E-state index < -0.39 is 12.0 Å². The highest BCUT2D eigenvalue weighted by Gasteiger charge is 2.10. The largest absolute Gasteiger partial charge is 0.480 e. The second-order valence-corrected chi connectivity index (χ2v) is 3.76. The monoisotopic (exact) mass is 252 g/mol. The third-order valence-corrected chi connectivity index (χ3v) is 2.32. The summed E-state index contributed by atoms with van der Waals surface area (Å²) in [5.41, 5.74) is 5.80. The quantitative estimate of drug-likeness (QED) is 0.324. The van der Waals surface area contributed by atoms with Gasteiger partial charge in [-0.05, 0) is 19.3 Å². The molecule has 0 bridgehead atoms. The fourth-order valence-electron chi connectivity index (χ4n) is 1.28. The minimum Gasteiger partial charge on any atom is -0.480 e. The lowest BCUT2D eigenvalue weighted by molar-refractivity contribution is -0.138. The maximum Gasteiger partial charge on any atom is 0.320 e. The summed E-state index contributed by atoms with van der Waals surface area (Å²) in [5, 5.41) is 11.3. The molecule has 1 unspecified atom stereocenters. The van der Waals surface area contributed by atoms with E-state index in [1.54, 1.807) is 6.08 Å². The zero-order chi connectivity index (χ0) is 14.0. The van der Waals surface area contributed by atoms with Crippen molar-refractivity contribution in [2.45, 2.75) is 25.3 Å². The molecular formula is C13H20N2O3. The van der Waals surface area contributed by atoms with Crippen LogP contribution in [0.5, 0.6) is 0 Å². The molecule has 0 spiro atoms. The third kappa shape index (κ3) is 6.65. The zero-order valence-electron chi connectivity index (χ0n) is 10.4. The molecule has 4 N–H and O–H groups in total. The van der Waals surface area contributed by atoms with Gasteiger partial charge in [0, 0.05) is 12.1 Å². The summed E-state index contributed by atoms with van der Waals surface area (Å²) >= 11 is 0. The molecule has 0 saturated heterocycles. The molecule has 0 aromatic heterocycles. The molecular weight excluding hydrogens is 232 g/mol. The lowest BCUT2D eigenvalue weighted by atomic mass is 10.1. The van der Waals surface area contributed by atoms with Crippen LogP contribution in [-0.4, -0.2) is 29.6 Å². The van der Waals surface area contributed by atoms with Gasteiger partial charge in [0.05, 0.1) is 0 Å². The Hall–Kier alpha value is -1.88. The average Bonchev–Trinajstić information content (AvgIpc) is 2.34. The lowest BCUT2D eigenvalue weighted by Gasteiger charge is -2.07. The number of amides is 1. The highest BCUT2D eigenvalue weighted by molar-refractivity contribution is 5.96. The predicted octanol–water partition coefficient (Wildman–Crippen LogP) is 0.983. The summed E-state index contributed by atoms with van der Waals surface area (Å²) < 4.78 is 0. The van der Waals surface area contributed by atoms with Crippen molar-refractivity contribution in [2.24, 2.45) is 5.73 Å². The highest BCUT2D eigenvalue weighted by atomic mass is 16.4. The molecule has 1 amide bonds. The van der Waals surface area contributed by atoms with Crippen LogP contribution >= 0.6 is 0 Å². The normalized spacial score (nSPS) is 12.6. The van der Waals surface area contributed by atoms with Gasteiger partial charge >= 0.3 is 5.97 Å². The van der Waals surface area contributed by atoms with Crippen molar-refractivity contribution in [3.8, 4) is 0 Å². The summed E-state index contributed by atoms with van der Waals surface area (Å²) in [7, 11) is 0. The Labute approximate surface area is 107 Å². The lowest BCUT2D eigenvalue weighted by Crippen LogP contribution is -2.30. The van der Waals surface area contributed by atoms with Gasteiger partial charge in [0.1, 0.15) is 6.04 Å². The van der Waals surface area contributed by atoms with Crippen LogP contribution in [0.3, 0.4) is 0 Å². The molecule has 0 aliphatic carbocycles. The molecule has 5 nitrogen and oxygen atoms in total. The number of carboxylic acids is 1. The molecule has 0 rings (SSSR count). The zero-order valence-corrected chi connectivity index (χ0v) is 10.4. The Kier molecular flexibility index (Phi) is 8.22. The molecule has 0 saturated carbocycles. The molecule has 5 heteroatoms. The SMILES string of the molecule is C=C/C=C(\C=C)C(=O)NCCCCC(N)C(=O)O. The Balaban J connectivity index is 3.82. The molecule has 0 heterocycles. The second kappa shape index (κ2) is 9.18. The van der Waals surface area contributed by atoms with E-state index in [1.807, 2.05) is 0 Å². The number of carbonyl (C=O) groups is 2. The van der Waals surface area contributed by atoms with Crippen LogP contribution in [0.25, 0.3) is 0 Å². The first-order valence-corrected chi connectivity index (χ1v) is 5.74. The Bertz CT molecular complexity index is 348. The molecule has 0 fully saturated rings. The second-order valence-electron chi connectivity index (χ2n) is 3.76. The number of carbonyl (C=O) groups excluding carboxylic acids is 1. The Morgan fingerprint density at radius 1 is 1.33 bits per heavy atom. The fraction of sp³-hybridized carbons (Fsp3) is 0.385. The molecule has 0 aromatic rings. The molecule has 0 aliphatic rings. The van der Waals surface area contributed by atoms with Crippen molar-refractivity contribution < 1.29 is 14.7 Å². The number of hydrogen-bond donors (Lipinski definition) is 3. The highest BCUT2D eigenvalue weighted by Crippen LogP contribution is 2.00. The van der Waals surface area contributed by atoms with Crippen molar-refractivity contribution in [1.29, 1.82) is 0 Å². The minimum atomic E-state index is -0.998. The fourth-order valence-corrected chi connectivity index (χ4v) is 1.28. The van der Waals surface area contributed by atoms with Gasteiger partial charge in [-0.2, -0.15) is 0 Å². The van der Waals surface area contributed by atoms with E-state index in [4.69, 9.17) is 10.8 Å². The first-order chi connectivity index (χ1) is 8.52. The first kappa shape index (κ1) is 16.1. The predicted molar refractivity (Wildman–Crippen MR) is 70.9 cm³/mol. The molecule has 0 radical (unpaired) electrons. The first-order valence-electron chi connectivity index (χ1n) is 5.74.